The van der Waals surface area contributed by atoms with Crippen LogP contribution in [0.2, 0.25) is 0 Å². The van der Waals surface area contributed by atoms with Gasteiger partial charge in [-0.05, 0) is 37.7 Å². The van der Waals surface area contributed by atoms with Gasteiger partial charge in [-0.2, -0.15) is 0 Å². The highest BCUT2D eigenvalue weighted by atomic mass is 16.5. The minimum atomic E-state index is -1.00. The summed E-state index contributed by atoms with van der Waals surface area (Å²) in [5, 5.41) is 2.80. The zero-order chi connectivity index (χ0) is 21.2. The molecule has 1 N–H and O–H groups in total. The Bertz CT molecular complexity index is 819. The van der Waals surface area contributed by atoms with Gasteiger partial charge in [-0.15, -0.1) is 0 Å². The van der Waals surface area contributed by atoms with Gasteiger partial charge < -0.3 is 10.1 Å². The fraction of sp³-hybridized carbons (Fsp3) is 0.545. The Morgan fingerprint density at radius 3 is 2.55 bits per heavy atom. The molecule has 0 bridgehead atoms. The molecule has 156 valence electrons. The fourth-order valence-electron chi connectivity index (χ4n) is 4.20. The summed E-state index contributed by atoms with van der Waals surface area (Å²) >= 11 is 0. The van der Waals surface area contributed by atoms with E-state index in [4.69, 9.17) is 4.74 Å². The molecule has 1 saturated carbocycles. The second-order valence-corrected chi connectivity index (χ2v) is 7.99. The fourth-order valence-corrected chi connectivity index (χ4v) is 4.20. The topological polar surface area (TPSA) is 92.8 Å². The first-order valence-corrected chi connectivity index (χ1v) is 10.2. The Morgan fingerprint density at radius 2 is 1.93 bits per heavy atom. The summed E-state index contributed by atoms with van der Waals surface area (Å²) in [5.74, 6) is -1.46. The highest BCUT2D eigenvalue weighted by Crippen LogP contribution is 2.38. The Morgan fingerprint density at radius 1 is 1.24 bits per heavy atom. The summed E-state index contributed by atoms with van der Waals surface area (Å²) < 4.78 is 5.22. The smallest absolute Gasteiger partial charge is 0.326 e. The average Bonchev–Trinajstić information content (AvgIpc) is 2.94. The minimum Gasteiger partial charge on any atom is -0.453 e. The van der Waals surface area contributed by atoms with Crippen molar-refractivity contribution in [2.75, 3.05) is 6.54 Å². The van der Waals surface area contributed by atoms with Crippen LogP contribution >= 0.6 is 0 Å². The molecular weight excluding hydrogens is 372 g/mol. The maximum absolute atomic E-state index is 12.9. The number of hydrogen-bond donors (Lipinski definition) is 1. The Hall–Kier alpha value is -2.70. The van der Waals surface area contributed by atoms with E-state index in [-0.39, 0.29) is 17.6 Å². The summed E-state index contributed by atoms with van der Waals surface area (Å²) in [5.41, 5.74) is 0.640. The number of esters is 1. The van der Waals surface area contributed by atoms with Crippen LogP contribution < -0.4 is 5.32 Å². The first-order chi connectivity index (χ1) is 13.8. The van der Waals surface area contributed by atoms with E-state index in [0.29, 0.717) is 12.0 Å². The molecule has 7 heteroatoms. The molecule has 29 heavy (non-hydrogen) atoms. The van der Waals surface area contributed by atoms with E-state index in [0.717, 1.165) is 36.1 Å². The maximum atomic E-state index is 12.9. The second-order valence-electron chi connectivity index (χ2n) is 7.99. The van der Waals surface area contributed by atoms with Crippen molar-refractivity contribution in [2.45, 2.75) is 64.5 Å². The van der Waals surface area contributed by atoms with Crippen LogP contribution in [0.1, 0.15) is 62.4 Å². The molecular formula is C22H28N2O5. The maximum Gasteiger partial charge on any atom is 0.326 e. The molecule has 3 atom stereocenters. The van der Waals surface area contributed by atoms with Gasteiger partial charge in [0, 0.05) is 5.56 Å². The van der Waals surface area contributed by atoms with Crippen molar-refractivity contribution in [1.29, 1.82) is 0 Å². The van der Waals surface area contributed by atoms with E-state index in [9.17, 15) is 19.2 Å². The normalized spacial score (nSPS) is 25.1. The largest absolute Gasteiger partial charge is 0.453 e. The summed E-state index contributed by atoms with van der Waals surface area (Å²) in [6.07, 6.45) is 3.17. The molecule has 1 heterocycles. The van der Waals surface area contributed by atoms with Gasteiger partial charge in [-0.25, -0.2) is 4.79 Å². The van der Waals surface area contributed by atoms with E-state index in [2.05, 4.69) is 5.32 Å². The lowest BCUT2D eigenvalue weighted by atomic mass is 9.73. The predicted octanol–water partition coefficient (Wildman–Crippen LogP) is 2.86. The van der Waals surface area contributed by atoms with Crippen molar-refractivity contribution in [3.8, 4) is 0 Å². The minimum absolute atomic E-state index is 0.0142. The van der Waals surface area contributed by atoms with Crippen LogP contribution in [0.15, 0.2) is 24.3 Å². The zero-order valence-corrected chi connectivity index (χ0v) is 17.2. The standard InChI is InChI=1S/C22H28N2O5/c1-4-16-8-10-17(11-9-16)19(26)15(3)29-18(25)13-24-20(27)22(23-21(24)28)12-6-5-7-14(22)2/h8-11,14-15H,4-7,12-13H2,1-3H3,(H,23,28)/t14-,15+,22+/m0/s1. The number of Topliss-reactive ketones (excluding diaryl/α,β-unsaturated/α-hetero) is 1. The van der Waals surface area contributed by atoms with Crippen molar-refractivity contribution in [2.24, 2.45) is 5.92 Å². The molecule has 0 aromatic heterocycles. The van der Waals surface area contributed by atoms with Gasteiger partial charge in [0.25, 0.3) is 5.91 Å². The van der Waals surface area contributed by atoms with Crippen molar-refractivity contribution < 1.29 is 23.9 Å². The first-order valence-electron chi connectivity index (χ1n) is 10.2. The average molecular weight is 400 g/mol. The molecule has 1 aliphatic carbocycles. The van der Waals surface area contributed by atoms with Crippen LogP contribution in [0, 0.1) is 5.92 Å². The lowest BCUT2D eigenvalue weighted by Crippen LogP contribution is -2.54. The van der Waals surface area contributed by atoms with Crippen LogP contribution in [0.3, 0.4) is 0 Å². The van der Waals surface area contributed by atoms with E-state index in [1.54, 1.807) is 12.1 Å². The van der Waals surface area contributed by atoms with Crippen molar-refractivity contribution >= 4 is 23.7 Å². The molecule has 7 nitrogen and oxygen atoms in total. The molecule has 0 unspecified atom stereocenters. The van der Waals surface area contributed by atoms with Gasteiger partial charge in [-0.3, -0.25) is 19.3 Å². The van der Waals surface area contributed by atoms with Gasteiger partial charge in [0.05, 0.1) is 0 Å². The highest BCUT2D eigenvalue weighted by Gasteiger charge is 2.55. The second kappa shape index (κ2) is 8.35. The third-order valence-corrected chi connectivity index (χ3v) is 6.11. The number of nitrogens with zero attached hydrogens (tertiary/aromatic N) is 1. The summed E-state index contributed by atoms with van der Waals surface area (Å²) in [6, 6.07) is 6.56. The van der Waals surface area contributed by atoms with Gasteiger partial charge in [0.2, 0.25) is 5.78 Å². The Labute approximate surface area is 170 Å². The SMILES string of the molecule is CCc1ccc(C(=O)[C@@H](C)OC(=O)CN2C(=O)N[C@@]3(CCCC[C@@H]3C)C2=O)cc1. The number of carbonyl (C=O) groups excluding carboxylic acids is 4. The molecule has 1 aromatic carbocycles. The van der Waals surface area contributed by atoms with Gasteiger partial charge >= 0.3 is 12.0 Å². The van der Waals surface area contributed by atoms with Crippen molar-refractivity contribution in [3.63, 3.8) is 0 Å². The molecule has 0 radical (unpaired) electrons. The van der Waals surface area contributed by atoms with Crippen LogP contribution in [0.5, 0.6) is 0 Å². The van der Waals surface area contributed by atoms with Crippen molar-refractivity contribution in [3.05, 3.63) is 35.4 Å². The number of amides is 3. The zero-order valence-electron chi connectivity index (χ0n) is 17.2. The molecule has 2 fully saturated rings. The number of imide groups is 1. The first kappa shape index (κ1) is 21.0. The summed E-state index contributed by atoms with van der Waals surface area (Å²) in [4.78, 5) is 51.0. The number of ketones is 1. The van der Waals surface area contributed by atoms with E-state index >= 15 is 0 Å². The molecule has 3 rings (SSSR count). The summed E-state index contributed by atoms with van der Waals surface area (Å²) in [6.45, 7) is 4.97. The predicted molar refractivity (Wildman–Crippen MR) is 106 cm³/mol. The molecule has 3 amide bonds. The third kappa shape index (κ3) is 4.04. The number of benzene rings is 1. The molecule has 1 saturated heterocycles. The number of urea groups is 1. The Kier molecular flexibility index (Phi) is 6.05. The van der Waals surface area contributed by atoms with Gasteiger partial charge in [0.1, 0.15) is 12.1 Å². The van der Waals surface area contributed by atoms with Crippen LogP contribution in [-0.4, -0.2) is 46.8 Å². The van der Waals surface area contributed by atoms with Crippen molar-refractivity contribution in [1.82, 2.24) is 10.2 Å². The number of nitrogens with one attached hydrogen (secondary N) is 1. The molecule has 2 aliphatic rings. The summed E-state index contributed by atoms with van der Waals surface area (Å²) in [7, 11) is 0. The Balaban J connectivity index is 1.61. The quantitative estimate of drug-likeness (QED) is 0.450. The number of rotatable bonds is 6. The molecule has 1 aliphatic heterocycles. The van der Waals surface area contributed by atoms with E-state index in [1.807, 2.05) is 26.0 Å². The molecule has 1 spiro atoms. The van der Waals surface area contributed by atoms with Gasteiger partial charge in [-0.1, -0.05) is 51.0 Å². The van der Waals surface area contributed by atoms with E-state index in [1.165, 1.54) is 6.92 Å². The monoisotopic (exact) mass is 400 g/mol. The number of ether oxygens (including phenoxy) is 1. The lowest BCUT2D eigenvalue weighted by molar-refractivity contribution is -0.150. The van der Waals surface area contributed by atoms with Crippen LogP contribution in [0.25, 0.3) is 0 Å². The van der Waals surface area contributed by atoms with Gasteiger partial charge in [0.15, 0.2) is 6.10 Å². The molecule has 1 aromatic rings. The lowest BCUT2D eigenvalue weighted by Gasteiger charge is -2.36. The third-order valence-electron chi connectivity index (χ3n) is 6.11. The van der Waals surface area contributed by atoms with E-state index < -0.39 is 30.2 Å². The number of carbonyl (C=O) groups is 4. The van der Waals surface area contributed by atoms with Crippen LogP contribution in [-0.2, 0) is 20.7 Å². The number of aryl methyl sites for hydroxylation is 1. The number of hydrogen-bond acceptors (Lipinski definition) is 5. The highest BCUT2D eigenvalue weighted by molar-refractivity contribution is 6.09. The van der Waals surface area contributed by atoms with Crippen LogP contribution in [0.4, 0.5) is 4.79 Å².